The van der Waals surface area contributed by atoms with Gasteiger partial charge in [-0.25, -0.2) is 0 Å². The molecule has 0 N–H and O–H groups in total. The summed E-state index contributed by atoms with van der Waals surface area (Å²) in [5.74, 6) is 0.800. The topological polar surface area (TPSA) is 27.0 Å². The molecular formula is C7H12N2S. The lowest BCUT2D eigenvalue weighted by Gasteiger charge is -2.04. The molecule has 0 aliphatic rings. The smallest absolute Gasteiger partial charge is 0.0971 e. The second-order valence-electron chi connectivity index (χ2n) is 2.16. The van der Waals surface area contributed by atoms with Crippen LogP contribution in [0.15, 0.2) is 11.8 Å². The predicted octanol–water partition coefficient (Wildman–Crippen LogP) is 1.32. The van der Waals surface area contributed by atoms with Crippen LogP contribution >= 0.6 is 11.8 Å². The minimum Gasteiger partial charge on any atom is -0.383 e. The van der Waals surface area contributed by atoms with E-state index in [1.165, 1.54) is 0 Å². The first kappa shape index (κ1) is 9.38. The fourth-order valence-electron chi connectivity index (χ4n) is 0.566. The Kier molecular flexibility index (Phi) is 4.87. The Balaban J connectivity index is 3.95. The Hall–Kier alpha value is -0.620. The van der Waals surface area contributed by atoms with Gasteiger partial charge in [-0.1, -0.05) is 0 Å². The summed E-state index contributed by atoms with van der Waals surface area (Å²) in [4.78, 5) is 1.88. The third kappa shape index (κ3) is 4.28. The molecule has 0 unspecified atom stereocenters. The third-order valence-corrected chi connectivity index (χ3v) is 1.46. The van der Waals surface area contributed by atoms with Crippen molar-refractivity contribution in [2.75, 3.05) is 26.1 Å². The molecule has 3 heteroatoms. The van der Waals surface area contributed by atoms with E-state index in [4.69, 9.17) is 5.26 Å². The van der Waals surface area contributed by atoms with E-state index in [0.29, 0.717) is 0 Å². The number of hydrogen-bond donors (Lipinski definition) is 0. The van der Waals surface area contributed by atoms with Crippen molar-refractivity contribution in [3.8, 4) is 6.07 Å². The maximum absolute atomic E-state index is 8.55. The van der Waals surface area contributed by atoms with Gasteiger partial charge in [0.25, 0.3) is 0 Å². The zero-order chi connectivity index (χ0) is 7.98. The normalized spacial score (nSPS) is 10.8. The van der Waals surface area contributed by atoms with Crippen LogP contribution in [0.3, 0.4) is 0 Å². The molecule has 10 heavy (non-hydrogen) atoms. The van der Waals surface area contributed by atoms with Crippen LogP contribution in [0, 0.1) is 11.3 Å². The molecule has 0 atom stereocenters. The first-order chi connectivity index (χ1) is 4.70. The monoisotopic (exact) mass is 156 g/mol. The highest BCUT2D eigenvalue weighted by Crippen LogP contribution is 2.02. The van der Waals surface area contributed by atoms with Gasteiger partial charge in [0, 0.05) is 26.0 Å². The SMILES string of the molecule is CSC/C(C#N)=C/N(C)C. The quantitative estimate of drug-likeness (QED) is 0.577. The lowest BCUT2D eigenvalue weighted by Crippen LogP contribution is -2.03. The molecule has 0 heterocycles. The summed E-state index contributed by atoms with van der Waals surface area (Å²) in [5, 5.41) is 8.55. The van der Waals surface area contributed by atoms with E-state index in [2.05, 4.69) is 6.07 Å². The van der Waals surface area contributed by atoms with Gasteiger partial charge in [0.15, 0.2) is 0 Å². The minimum atomic E-state index is 0.800. The molecule has 0 saturated carbocycles. The Morgan fingerprint density at radius 1 is 1.70 bits per heavy atom. The number of hydrogen-bond acceptors (Lipinski definition) is 3. The highest BCUT2D eigenvalue weighted by molar-refractivity contribution is 7.98. The lowest BCUT2D eigenvalue weighted by molar-refractivity contribution is 0.560. The van der Waals surface area contributed by atoms with Gasteiger partial charge in [0.2, 0.25) is 0 Å². The van der Waals surface area contributed by atoms with Crippen LogP contribution in [0.4, 0.5) is 0 Å². The van der Waals surface area contributed by atoms with Crippen molar-refractivity contribution < 1.29 is 0 Å². The largest absolute Gasteiger partial charge is 0.383 e. The fourth-order valence-corrected chi connectivity index (χ4v) is 1.02. The van der Waals surface area contributed by atoms with Crippen molar-refractivity contribution in [3.63, 3.8) is 0 Å². The molecule has 0 fully saturated rings. The average Bonchev–Trinajstić information content (AvgIpc) is 1.86. The lowest BCUT2D eigenvalue weighted by atomic mass is 10.4. The highest BCUT2D eigenvalue weighted by atomic mass is 32.2. The Morgan fingerprint density at radius 3 is 2.60 bits per heavy atom. The molecule has 0 aliphatic carbocycles. The zero-order valence-electron chi connectivity index (χ0n) is 6.59. The summed E-state index contributed by atoms with van der Waals surface area (Å²) >= 11 is 1.66. The van der Waals surface area contributed by atoms with E-state index in [9.17, 15) is 0 Å². The van der Waals surface area contributed by atoms with E-state index in [0.717, 1.165) is 11.3 Å². The van der Waals surface area contributed by atoms with Gasteiger partial charge < -0.3 is 4.90 Å². The number of nitriles is 1. The summed E-state index contributed by atoms with van der Waals surface area (Å²) in [6, 6.07) is 2.13. The average molecular weight is 156 g/mol. The van der Waals surface area contributed by atoms with E-state index in [1.807, 2.05) is 31.5 Å². The number of thioether (sulfide) groups is 1. The molecule has 0 saturated heterocycles. The summed E-state index contributed by atoms with van der Waals surface area (Å²) in [5.41, 5.74) is 0.817. The fraction of sp³-hybridized carbons (Fsp3) is 0.571. The second-order valence-corrected chi connectivity index (χ2v) is 3.03. The van der Waals surface area contributed by atoms with E-state index in [1.54, 1.807) is 11.8 Å². The van der Waals surface area contributed by atoms with Gasteiger partial charge in [-0.15, -0.1) is 0 Å². The highest BCUT2D eigenvalue weighted by Gasteiger charge is 1.92. The molecule has 0 radical (unpaired) electrons. The van der Waals surface area contributed by atoms with Crippen molar-refractivity contribution in [2.24, 2.45) is 0 Å². The first-order valence-corrected chi connectivity index (χ1v) is 4.36. The van der Waals surface area contributed by atoms with Crippen molar-refractivity contribution >= 4 is 11.8 Å². The van der Waals surface area contributed by atoms with Gasteiger partial charge in [0.1, 0.15) is 0 Å². The van der Waals surface area contributed by atoms with Crippen LogP contribution in [-0.4, -0.2) is 31.0 Å². The van der Waals surface area contributed by atoms with Crippen molar-refractivity contribution in [2.45, 2.75) is 0 Å². The van der Waals surface area contributed by atoms with Gasteiger partial charge >= 0.3 is 0 Å². The van der Waals surface area contributed by atoms with E-state index in [-0.39, 0.29) is 0 Å². The molecule has 56 valence electrons. The summed E-state index contributed by atoms with van der Waals surface area (Å²) in [6.07, 6.45) is 3.83. The first-order valence-electron chi connectivity index (χ1n) is 2.97. The van der Waals surface area contributed by atoms with Crippen LogP contribution in [0.5, 0.6) is 0 Å². The molecule has 0 aromatic carbocycles. The van der Waals surface area contributed by atoms with E-state index < -0.39 is 0 Å². The molecule has 0 rings (SSSR count). The molecular weight excluding hydrogens is 144 g/mol. The minimum absolute atomic E-state index is 0.800. The van der Waals surface area contributed by atoms with Crippen LogP contribution in [0.2, 0.25) is 0 Å². The van der Waals surface area contributed by atoms with Crippen LogP contribution < -0.4 is 0 Å². The van der Waals surface area contributed by atoms with E-state index >= 15 is 0 Å². The van der Waals surface area contributed by atoms with Crippen LogP contribution in [-0.2, 0) is 0 Å². The van der Waals surface area contributed by atoms with Gasteiger partial charge in [-0.3, -0.25) is 0 Å². The molecule has 0 aromatic heterocycles. The number of rotatable bonds is 3. The Bertz CT molecular complexity index is 155. The van der Waals surface area contributed by atoms with Crippen molar-refractivity contribution in [1.29, 1.82) is 5.26 Å². The van der Waals surface area contributed by atoms with Crippen LogP contribution in [0.25, 0.3) is 0 Å². The maximum Gasteiger partial charge on any atom is 0.0971 e. The molecule has 0 spiro atoms. The molecule has 2 nitrogen and oxygen atoms in total. The maximum atomic E-state index is 8.55. The summed E-state index contributed by atoms with van der Waals surface area (Å²) in [6.45, 7) is 0. The van der Waals surface area contributed by atoms with Gasteiger partial charge in [-0.2, -0.15) is 17.0 Å². The standard InChI is InChI=1S/C7H12N2S/c1-9(2)5-7(4-8)6-10-3/h5H,6H2,1-3H3/b7-5+. The predicted molar refractivity (Wildman–Crippen MR) is 45.8 cm³/mol. The van der Waals surface area contributed by atoms with Crippen LogP contribution in [0.1, 0.15) is 0 Å². The molecule has 0 aliphatic heterocycles. The van der Waals surface area contributed by atoms with Gasteiger partial charge in [0.05, 0.1) is 11.6 Å². The molecule has 0 bridgehead atoms. The number of nitrogens with zero attached hydrogens (tertiary/aromatic N) is 2. The second kappa shape index (κ2) is 5.19. The Labute approximate surface area is 66.5 Å². The molecule has 0 aromatic rings. The van der Waals surface area contributed by atoms with Crippen molar-refractivity contribution in [1.82, 2.24) is 4.90 Å². The van der Waals surface area contributed by atoms with Gasteiger partial charge in [-0.05, 0) is 6.26 Å². The van der Waals surface area contributed by atoms with Crippen molar-refractivity contribution in [3.05, 3.63) is 11.8 Å². The summed E-state index contributed by atoms with van der Waals surface area (Å²) in [7, 11) is 3.83. The summed E-state index contributed by atoms with van der Waals surface area (Å²) < 4.78 is 0. The molecule has 0 amide bonds. The zero-order valence-corrected chi connectivity index (χ0v) is 7.40. The third-order valence-electron chi connectivity index (χ3n) is 0.857. The Morgan fingerprint density at radius 2 is 2.30 bits per heavy atom.